The lowest BCUT2D eigenvalue weighted by molar-refractivity contribution is 0.299. The summed E-state index contributed by atoms with van der Waals surface area (Å²) in [6, 6.07) is 0. The largest absolute Gasteiger partial charge is 0.396 e. The second-order valence-corrected chi connectivity index (χ2v) is 3.18. The quantitative estimate of drug-likeness (QED) is 0.588. The number of aliphatic hydroxyl groups excluding tert-OH is 1. The van der Waals surface area contributed by atoms with E-state index in [9.17, 15) is 0 Å². The average molecular weight is 252 g/mol. The third kappa shape index (κ3) is 5.58. The van der Waals surface area contributed by atoms with E-state index in [2.05, 4.69) is 22.5 Å². The highest BCUT2D eigenvalue weighted by molar-refractivity contribution is 9.09. The van der Waals surface area contributed by atoms with Crippen LogP contribution >= 0.6 is 27.5 Å². The van der Waals surface area contributed by atoms with Crippen molar-refractivity contribution in [1.82, 2.24) is 0 Å². The molecular weight excluding hydrogens is 239 g/mol. The molecule has 0 aliphatic rings. The lowest BCUT2D eigenvalue weighted by Gasteiger charge is -1.97. The Labute approximate surface area is 86.6 Å². The first-order chi connectivity index (χ1) is 5.74. The molecule has 0 saturated heterocycles. The molecule has 3 heteroatoms. The first-order valence-electron chi connectivity index (χ1n) is 3.59. The van der Waals surface area contributed by atoms with Gasteiger partial charge in [0.05, 0.1) is 0 Å². The molecule has 0 fully saturated rings. The number of hydrogen-bond donors (Lipinski definition) is 1. The summed E-state index contributed by atoms with van der Waals surface area (Å²) in [4.78, 5) is 0. The topological polar surface area (TPSA) is 20.2 Å². The highest BCUT2D eigenvalue weighted by Gasteiger charge is 1.91. The predicted molar refractivity (Wildman–Crippen MR) is 57.7 cm³/mol. The Hall–Kier alpha value is -0.0500. The SMILES string of the molecule is C=C/C(Cl)=C\C=C(/CBr)CCO. The average Bonchev–Trinajstić information content (AvgIpc) is 2.11. The summed E-state index contributed by atoms with van der Waals surface area (Å²) >= 11 is 9.00. The molecule has 0 aromatic carbocycles. The first-order valence-corrected chi connectivity index (χ1v) is 5.09. The second kappa shape index (κ2) is 7.59. The zero-order valence-electron chi connectivity index (χ0n) is 6.76. The number of hydrogen-bond acceptors (Lipinski definition) is 1. The fourth-order valence-electron chi connectivity index (χ4n) is 0.604. The minimum absolute atomic E-state index is 0.164. The lowest BCUT2D eigenvalue weighted by atomic mass is 10.2. The zero-order chi connectivity index (χ0) is 9.40. The molecule has 0 heterocycles. The molecule has 0 unspecified atom stereocenters. The standard InChI is InChI=1S/C9H12BrClO/c1-2-9(11)4-3-8(7-10)5-6-12/h2-4,12H,1,5-7H2/b8-3-,9-4+. The minimum Gasteiger partial charge on any atom is -0.396 e. The summed E-state index contributed by atoms with van der Waals surface area (Å²) < 4.78 is 0. The normalized spacial score (nSPS) is 13.2. The van der Waals surface area contributed by atoms with Gasteiger partial charge < -0.3 is 5.11 Å². The van der Waals surface area contributed by atoms with E-state index in [4.69, 9.17) is 16.7 Å². The molecule has 68 valence electrons. The molecular formula is C9H12BrClO. The van der Waals surface area contributed by atoms with Gasteiger partial charge >= 0.3 is 0 Å². The molecule has 12 heavy (non-hydrogen) atoms. The van der Waals surface area contributed by atoms with Crippen molar-refractivity contribution in [2.45, 2.75) is 6.42 Å². The van der Waals surface area contributed by atoms with Crippen LogP contribution in [0.3, 0.4) is 0 Å². The third-order valence-corrected chi connectivity index (χ3v) is 2.28. The van der Waals surface area contributed by atoms with Crippen LogP contribution in [-0.2, 0) is 0 Å². The van der Waals surface area contributed by atoms with Crippen LogP contribution in [0.15, 0.2) is 35.4 Å². The van der Waals surface area contributed by atoms with E-state index in [-0.39, 0.29) is 6.61 Å². The molecule has 1 nitrogen and oxygen atoms in total. The van der Waals surface area contributed by atoms with Crippen LogP contribution in [0.5, 0.6) is 0 Å². The van der Waals surface area contributed by atoms with Crippen molar-refractivity contribution in [2.75, 3.05) is 11.9 Å². The van der Waals surface area contributed by atoms with E-state index < -0.39 is 0 Å². The van der Waals surface area contributed by atoms with Gasteiger partial charge in [-0.25, -0.2) is 0 Å². The third-order valence-electron chi connectivity index (χ3n) is 1.28. The number of alkyl halides is 1. The lowest BCUT2D eigenvalue weighted by Crippen LogP contribution is -1.88. The Morgan fingerprint density at radius 1 is 1.50 bits per heavy atom. The molecule has 0 aliphatic carbocycles. The maximum Gasteiger partial charge on any atom is 0.0468 e. The summed E-state index contributed by atoms with van der Waals surface area (Å²) in [6.45, 7) is 3.68. The smallest absolute Gasteiger partial charge is 0.0468 e. The molecule has 0 spiro atoms. The summed E-state index contributed by atoms with van der Waals surface area (Å²) in [5, 5.41) is 10.0. The number of allylic oxidation sites excluding steroid dienone is 4. The van der Waals surface area contributed by atoms with Crippen LogP contribution in [0.25, 0.3) is 0 Å². The Bertz CT molecular complexity index is 197. The minimum atomic E-state index is 0.164. The van der Waals surface area contributed by atoms with Gasteiger partial charge in [0.1, 0.15) is 0 Å². The van der Waals surface area contributed by atoms with Crippen LogP contribution in [0, 0.1) is 0 Å². The molecule has 0 radical (unpaired) electrons. The van der Waals surface area contributed by atoms with Gasteiger partial charge in [-0.1, -0.05) is 51.8 Å². The first kappa shape index (κ1) is 11.9. The van der Waals surface area contributed by atoms with Crippen LogP contribution in [0.2, 0.25) is 0 Å². The van der Waals surface area contributed by atoms with Gasteiger partial charge in [-0.3, -0.25) is 0 Å². The van der Waals surface area contributed by atoms with Gasteiger partial charge in [0.25, 0.3) is 0 Å². The van der Waals surface area contributed by atoms with Crippen LogP contribution in [-0.4, -0.2) is 17.0 Å². The molecule has 0 saturated carbocycles. The van der Waals surface area contributed by atoms with Crippen molar-refractivity contribution >= 4 is 27.5 Å². The van der Waals surface area contributed by atoms with Gasteiger partial charge in [-0.2, -0.15) is 0 Å². The molecule has 0 amide bonds. The molecule has 0 rings (SSSR count). The maximum atomic E-state index is 8.65. The van der Waals surface area contributed by atoms with Crippen molar-refractivity contribution in [1.29, 1.82) is 0 Å². The molecule has 0 aliphatic heterocycles. The van der Waals surface area contributed by atoms with E-state index in [0.29, 0.717) is 11.5 Å². The van der Waals surface area contributed by atoms with Crippen molar-refractivity contribution in [3.8, 4) is 0 Å². The Morgan fingerprint density at radius 3 is 2.58 bits per heavy atom. The maximum absolute atomic E-state index is 8.65. The van der Waals surface area contributed by atoms with Gasteiger partial charge in [0, 0.05) is 17.0 Å². The van der Waals surface area contributed by atoms with Crippen LogP contribution in [0.4, 0.5) is 0 Å². The summed E-state index contributed by atoms with van der Waals surface area (Å²) in [6.07, 6.45) is 5.89. The Kier molecular flexibility index (Phi) is 7.56. The fraction of sp³-hybridized carbons (Fsp3) is 0.333. The highest BCUT2D eigenvalue weighted by atomic mass is 79.9. The highest BCUT2D eigenvalue weighted by Crippen LogP contribution is 2.08. The monoisotopic (exact) mass is 250 g/mol. The number of aliphatic hydroxyl groups is 1. The summed E-state index contributed by atoms with van der Waals surface area (Å²) in [7, 11) is 0. The predicted octanol–water partition coefficient (Wildman–Crippen LogP) is 3.00. The molecule has 0 atom stereocenters. The van der Waals surface area contributed by atoms with Crippen molar-refractivity contribution < 1.29 is 5.11 Å². The van der Waals surface area contributed by atoms with E-state index in [1.54, 1.807) is 12.2 Å². The van der Waals surface area contributed by atoms with E-state index in [1.165, 1.54) is 0 Å². The van der Waals surface area contributed by atoms with Gasteiger partial charge in [0.15, 0.2) is 0 Å². The fourth-order valence-corrected chi connectivity index (χ4v) is 1.13. The second-order valence-electron chi connectivity index (χ2n) is 2.19. The summed E-state index contributed by atoms with van der Waals surface area (Å²) in [5.74, 6) is 0. The van der Waals surface area contributed by atoms with E-state index in [1.807, 2.05) is 6.08 Å². The Balaban J connectivity index is 4.18. The van der Waals surface area contributed by atoms with Crippen molar-refractivity contribution in [3.05, 3.63) is 35.4 Å². The van der Waals surface area contributed by atoms with Crippen molar-refractivity contribution in [3.63, 3.8) is 0 Å². The van der Waals surface area contributed by atoms with E-state index in [0.717, 1.165) is 10.9 Å². The van der Waals surface area contributed by atoms with Crippen LogP contribution in [0.1, 0.15) is 6.42 Å². The summed E-state index contributed by atoms with van der Waals surface area (Å²) in [5.41, 5.74) is 1.11. The number of rotatable bonds is 5. The molecule has 1 N–H and O–H groups in total. The zero-order valence-corrected chi connectivity index (χ0v) is 9.11. The van der Waals surface area contributed by atoms with Crippen molar-refractivity contribution in [2.24, 2.45) is 0 Å². The van der Waals surface area contributed by atoms with Gasteiger partial charge in [-0.15, -0.1) is 0 Å². The van der Waals surface area contributed by atoms with Crippen LogP contribution < -0.4 is 0 Å². The van der Waals surface area contributed by atoms with Gasteiger partial charge in [-0.05, 0) is 12.5 Å². The molecule has 0 bridgehead atoms. The number of halogens is 2. The molecule has 0 aromatic heterocycles. The van der Waals surface area contributed by atoms with Gasteiger partial charge in [0.2, 0.25) is 0 Å². The molecule has 0 aromatic rings. The Morgan fingerprint density at radius 2 is 2.17 bits per heavy atom. The van der Waals surface area contributed by atoms with E-state index >= 15 is 0 Å².